The summed E-state index contributed by atoms with van der Waals surface area (Å²) < 4.78 is 0. The van der Waals surface area contributed by atoms with Crippen LogP contribution in [-0.2, 0) is 0 Å². The average molecular weight is 466 g/mol. The molecule has 30 heavy (non-hydrogen) atoms. The minimum absolute atomic E-state index is 0. The van der Waals surface area contributed by atoms with E-state index in [-0.39, 0.29) is 24.8 Å². The highest BCUT2D eigenvalue weighted by atomic mass is 35.5. The van der Waals surface area contributed by atoms with Crippen LogP contribution in [-0.4, -0.2) is 57.1 Å². The van der Waals surface area contributed by atoms with Gasteiger partial charge < -0.3 is 0 Å². The highest BCUT2D eigenvalue weighted by molar-refractivity contribution is 7.05. The molecule has 0 aromatic heterocycles. The average Bonchev–Trinajstić information content (AvgIpc) is 2.74. The number of nitrogens with zero attached hydrogens (tertiary/aromatic N) is 2. The van der Waals surface area contributed by atoms with Crippen LogP contribution < -0.4 is 5.19 Å². The van der Waals surface area contributed by atoms with Crippen molar-refractivity contribution in [2.24, 2.45) is 0 Å². The molecule has 0 bridgehead atoms. The molecule has 2 aliphatic heterocycles. The lowest BCUT2D eigenvalue weighted by Crippen LogP contribution is -2.49. The number of hydrogen-bond donors (Lipinski definition) is 0. The van der Waals surface area contributed by atoms with Crippen LogP contribution in [0.1, 0.15) is 52.4 Å². The molecule has 2 fully saturated rings. The predicted octanol–water partition coefficient (Wildman–Crippen LogP) is 4.65. The van der Waals surface area contributed by atoms with Gasteiger partial charge in [-0.15, -0.1) is 35.9 Å². The van der Waals surface area contributed by atoms with E-state index in [2.05, 4.69) is 76.9 Å². The van der Waals surface area contributed by atoms with Crippen molar-refractivity contribution in [1.29, 1.82) is 0 Å². The zero-order chi connectivity index (χ0) is 19.7. The molecular formula is C25H38Cl2N2Si. The van der Waals surface area contributed by atoms with Gasteiger partial charge in [-0.25, -0.2) is 0 Å². The first-order chi connectivity index (χ1) is 13.7. The Labute approximate surface area is 198 Å². The van der Waals surface area contributed by atoms with Gasteiger partial charge in [0.1, 0.15) is 0 Å². The Bertz CT molecular complexity index is 680. The third kappa shape index (κ3) is 7.63. The summed E-state index contributed by atoms with van der Waals surface area (Å²) in [4.78, 5) is 5.03. The number of piperidine rings is 2. The maximum absolute atomic E-state index is 3.79. The molecule has 2 aliphatic rings. The Hall–Kier alpha value is -0.943. The zero-order valence-electron chi connectivity index (χ0n) is 18.7. The van der Waals surface area contributed by atoms with Crippen molar-refractivity contribution in [1.82, 2.24) is 9.80 Å². The van der Waals surface area contributed by atoms with Crippen LogP contribution in [0.15, 0.2) is 30.3 Å². The molecular weight excluding hydrogens is 427 g/mol. The fourth-order valence-electron chi connectivity index (χ4n) is 4.32. The zero-order valence-corrected chi connectivity index (χ0v) is 21.3. The Morgan fingerprint density at radius 3 is 1.57 bits per heavy atom. The van der Waals surface area contributed by atoms with E-state index in [0.29, 0.717) is 5.54 Å². The van der Waals surface area contributed by atoms with Gasteiger partial charge in [0, 0.05) is 0 Å². The summed E-state index contributed by atoms with van der Waals surface area (Å²) in [6, 6.07) is 10.9. The van der Waals surface area contributed by atoms with Gasteiger partial charge in [-0.3, -0.25) is 9.80 Å². The lowest BCUT2D eigenvalue weighted by molar-refractivity contribution is 0.255. The third-order valence-corrected chi connectivity index (χ3v) is 10.3. The largest absolute Gasteiger partial charge is 0.292 e. The lowest BCUT2D eigenvalue weighted by atomic mass is 10.1. The highest BCUT2D eigenvalue weighted by Gasteiger charge is 2.36. The molecule has 0 N–H and O–H groups in total. The monoisotopic (exact) mass is 464 g/mol. The molecule has 1 aromatic carbocycles. The maximum atomic E-state index is 3.79. The Morgan fingerprint density at radius 2 is 1.17 bits per heavy atom. The molecule has 2 nitrogen and oxygen atoms in total. The first kappa shape index (κ1) is 27.1. The van der Waals surface area contributed by atoms with Crippen molar-refractivity contribution < 1.29 is 0 Å². The summed E-state index contributed by atoms with van der Waals surface area (Å²) in [7, 11) is -2.19. The normalized spacial score (nSPS) is 17.6. The molecule has 0 aliphatic carbocycles. The Balaban J connectivity index is 0.00000225. The summed E-state index contributed by atoms with van der Waals surface area (Å²) in [6.07, 6.45) is 8.04. The van der Waals surface area contributed by atoms with Crippen LogP contribution in [0.5, 0.6) is 0 Å². The topological polar surface area (TPSA) is 6.48 Å². The van der Waals surface area contributed by atoms with Gasteiger partial charge in [-0.2, -0.15) is 0 Å². The van der Waals surface area contributed by atoms with Crippen LogP contribution >= 0.6 is 24.8 Å². The Kier molecular flexibility index (Phi) is 12.8. The number of likely N-dealkylation sites (tertiary alicyclic amines) is 2. The van der Waals surface area contributed by atoms with Crippen LogP contribution in [0.3, 0.4) is 0 Å². The van der Waals surface area contributed by atoms with Gasteiger partial charge >= 0.3 is 0 Å². The van der Waals surface area contributed by atoms with Crippen molar-refractivity contribution >= 4 is 38.1 Å². The number of benzene rings is 1. The summed E-state index contributed by atoms with van der Waals surface area (Å²) in [5, 5.41) is 1.38. The molecule has 0 radical (unpaired) electrons. The standard InChI is InChI=1S/C25H36N2Si.2ClH/c1-24(2)28(25-14-6-3-7-15-25,22-12-20-26-16-8-4-9-17-26)23-13-21-27-18-10-5-11-19-27;;/h3,6-7,14-15,24H,4-5,8-11,16-21H2,1-2H3;2*1H. The van der Waals surface area contributed by atoms with E-state index in [1.165, 1.54) is 69.9 Å². The van der Waals surface area contributed by atoms with E-state index in [0.717, 1.165) is 13.1 Å². The van der Waals surface area contributed by atoms with Crippen molar-refractivity contribution in [3.05, 3.63) is 30.3 Å². The molecule has 0 atom stereocenters. The summed E-state index contributed by atoms with van der Waals surface area (Å²) in [6.45, 7) is 11.3. The van der Waals surface area contributed by atoms with E-state index in [1.807, 2.05) is 0 Å². The fourth-order valence-corrected chi connectivity index (χ4v) is 7.34. The van der Waals surface area contributed by atoms with E-state index in [4.69, 9.17) is 0 Å². The number of hydrogen-bond acceptors (Lipinski definition) is 2. The van der Waals surface area contributed by atoms with Gasteiger partial charge in [-0.05, 0) is 62.6 Å². The fraction of sp³-hybridized carbons (Fsp3) is 0.600. The van der Waals surface area contributed by atoms with Crippen LogP contribution in [0.25, 0.3) is 0 Å². The molecule has 3 rings (SSSR count). The van der Waals surface area contributed by atoms with Crippen LogP contribution in [0.4, 0.5) is 0 Å². The van der Waals surface area contributed by atoms with Gasteiger partial charge in [-0.1, -0.05) is 68.9 Å². The maximum Gasteiger partial charge on any atom is 0.248 e. The van der Waals surface area contributed by atoms with E-state index in [1.54, 1.807) is 0 Å². The first-order valence-corrected chi connectivity index (χ1v) is 13.3. The Morgan fingerprint density at radius 1 is 0.733 bits per heavy atom. The molecule has 1 aromatic rings. The third-order valence-electron chi connectivity index (χ3n) is 6.17. The lowest BCUT2D eigenvalue weighted by Gasteiger charge is -2.27. The van der Waals surface area contributed by atoms with Gasteiger partial charge in [0.15, 0.2) is 0 Å². The smallest absolute Gasteiger partial charge is 0.248 e. The summed E-state index contributed by atoms with van der Waals surface area (Å²) in [5.74, 6) is 7.17. The predicted molar refractivity (Wildman–Crippen MR) is 138 cm³/mol. The van der Waals surface area contributed by atoms with Gasteiger partial charge in [0.2, 0.25) is 8.07 Å². The van der Waals surface area contributed by atoms with E-state index in [9.17, 15) is 0 Å². The molecule has 0 unspecified atom stereocenters. The minimum Gasteiger partial charge on any atom is -0.292 e. The van der Waals surface area contributed by atoms with E-state index < -0.39 is 8.07 Å². The SMILES string of the molecule is CC(C)[Si](C#CCN1CCCCC1)(C#CCN1CCCCC1)c1ccccc1.Cl.Cl. The molecule has 5 heteroatoms. The second-order valence-corrected chi connectivity index (χ2v) is 12.5. The molecule has 2 saturated heterocycles. The van der Waals surface area contributed by atoms with Crippen LogP contribution in [0.2, 0.25) is 5.54 Å². The minimum atomic E-state index is -2.19. The number of rotatable bonds is 4. The summed E-state index contributed by atoms with van der Waals surface area (Å²) in [5.41, 5.74) is 8.06. The van der Waals surface area contributed by atoms with E-state index >= 15 is 0 Å². The molecule has 2 heterocycles. The second-order valence-electron chi connectivity index (χ2n) is 8.61. The molecule has 0 amide bonds. The summed E-state index contributed by atoms with van der Waals surface area (Å²) >= 11 is 0. The van der Waals surface area contributed by atoms with Crippen molar-refractivity contribution in [3.63, 3.8) is 0 Å². The van der Waals surface area contributed by atoms with Crippen LogP contribution in [0, 0.1) is 22.9 Å². The second kappa shape index (κ2) is 14.2. The first-order valence-electron chi connectivity index (χ1n) is 11.2. The van der Waals surface area contributed by atoms with Crippen molar-refractivity contribution in [3.8, 4) is 22.9 Å². The molecule has 0 spiro atoms. The highest BCUT2D eigenvalue weighted by Crippen LogP contribution is 2.20. The van der Waals surface area contributed by atoms with Gasteiger partial charge in [0.25, 0.3) is 0 Å². The molecule has 0 saturated carbocycles. The molecule has 166 valence electrons. The van der Waals surface area contributed by atoms with Crippen molar-refractivity contribution in [2.75, 3.05) is 39.3 Å². The quantitative estimate of drug-likeness (QED) is 0.472. The van der Waals surface area contributed by atoms with Gasteiger partial charge in [0.05, 0.1) is 13.1 Å². The number of halogens is 2. The van der Waals surface area contributed by atoms with Crippen molar-refractivity contribution in [2.45, 2.75) is 57.9 Å².